The summed E-state index contributed by atoms with van der Waals surface area (Å²) >= 11 is 0. The summed E-state index contributed by atoms with van der Waals surface area (Å²) in [4.78, 5) is 0. The molecule has 0 aliphatic heterocycles. The molecular formula is C21H20N2O2. The maximum atomic E-state index is 5.46. The number of aromatic nitrogens is 2. The minimum Gasteiger partial charge on any atom is -0.497 e. The van der Waals surface area contributed by atoms with E-state index < -0.39 is 0 Å². The number of H-pyrrole nitrogens is 1. The molecule has 0 radical (unpaired) electrons. The molecule has 4 heteroatoms. The molecule has 4 nitrogen and oxygen atoms in total. The fourth-order valence-electron chi connectivity index (χ4n) is 3.54. The third-order valence-corrected chi connectivity index (χ3v) is 4.92. The number of methoxy groups -OCH3 is 2. The van der Waals surface area contributed by atoms with E-state index in [1.165, 1.54) is 11.1 Å². The molecule has 4 rings (SSSR count). The van der Waals surface area contributed by atoms with Crippen LogP contribution in [-0.4, -0.2) is 24.4 Å². The molecule has 1 aliphatic carbocycles. The predicted molar refractivity (Wildman–Crippen MR) is 98.1 cm³/mol. The Balaban J connectivity index is 1.92. The normalized spacial score (nSPS) is 14.8. The van der Waals surface area contributed by atoms with Gasteiger partial charge in [0.15, 0.2) is 0 Å². The molecule has 25 heavy (non-hydrogen) atoms. The first-order chi connectivity index (χ1) is 12.2. The molecule has 2 aromatic carbocycles. The fraction of sp³-hybridized carbons (Fsp3) is 0.190. The maximum absolute atomic E-state index is 5.46. The largest absolute Gasteiger partial charge is 0.497 e. The Kier molecular flexibility index (Phi) is 3.80. The van der Waals surface area contributed by atoms with Gasteiger partial charge >= 0.3 is 0 Å². The maximum Gasteiger partial charge on any atom is 0.119 e. The number of fused-ring (bicyclic) bond motifs is 1. The Morgan fingerprint density at radius 2 is 1.60 bits per heavy atom. The zero-order chi connectivity index (χ0) is 17.3. The van der Waals surface area contributed by atoms with Crippen LogP contribution in [-0.2, 0) is 11.8 Å². The van der Waals surface area contributed by atoms with Gasteiger partial charge in [-0.25, -0.2) is 0 Å². The Morgan fingerprint density at radius 3 is 2.20 bits per heavy atom. The molecular weight excluding hydrogens is 312 g/mol. The van der Waals surface area contributed by atoms with E-state index >= 15 is 0 Å². The van der Waals surface area contributed by atoms with E-state index in [4.69, 9.17) is 9.47 Å². The van der Waals surface area contributed by atoms with Gasteiger partial charge in [0.05, 0.1) is 20.4 Å². The molecule has 126 valence electrons. The second-order valence-corrected chi connectivity index (χ2v) is 6.25. The van der Waals surface area contributed by atoms with Crippen molar-refractivity contribution in [2.45, 2.75) is 11.8 Å². The minimum atomic E-state index is -0.303. The van der Waals surface area contributed by atoms with Crippen molar-refractivity contribution in [1.82, 2.24) is 10.2 Å². The molecule has 0 saturated carbocycles. The minimum absolute atomic E-state index is 0.303. The van der Waals surface area contributed by atoms with E-state index in [1.54, 1.807) is 14.2 Å². The van der Waals surface area contributed by atoms with Crippen LogP contribution < -0.4 is 9.47 Å². The Morgan fingerprint density at radius 1 is 0.960 bits per heavy atom. The van der Waals surface area contributed by atoms with Crippen molar-refractivity contribution in [2.24, 2.45) is 0 Å². The van der Waals surface area contributed by atoms with Crippen LogP contribution in [0.5, 0.6) is 11.5 Å². The van der Waals surface area contributed by atoms with Gasteiger partial charge in [0.2, 0.25) is 0 Å². The summed E-state index contributed by atoms with van der Waals surface area (Å²) in [7, 11) is 3.39. The van der Waals surface area contributed by atoms with Gasteiger partial charge in [-0.1, -0.05) is 36.4 Å². The molecule has 1 aliphatic rings. The number of rotatable bonds is 4. The number of allylic oxidation sites excluding steroid dienone is 1. The van der Waals surface area contributed by atoms with Crippen molar-refractivity contribution in [1.29, 1.82) is 0 Å². The lowest BCUT2D eigenvalue weighted by atomic mass is 9.68. The summed E-state index contributed by atoms with van der Waals surface area (Å²) in [6, 6.07) is 16.5. The summed E-state index contributed by atoms with van der Waals surface area (Å²) in [6.45, 7) is 0. The van der Waals surface area contributed by atoms with Crippen LogP contribution in [0.25, 0.3) is 6.08 Å². The van der Waals surface area contributed by atoms with Gasteiger partial charge in [0.1, 0.15) is 11.5 Å². The van der Waals surface area contributed by atoms with Gasteiger partial charge in [0, 0.05) is 23.1 Å². The van der Waals surface area contributed by atoms with Crippen molar-refractivity contribution in [3.8, 4) is 11.5 Å². The van der Waals surface area contributed by atoms with Crippen molar-refractivity contribution < 1.29 is 9.47 Å². The lowest BCUT2D eigenvalue weighted by molar-refractivity contribution is 0.411. The van der Waals surface area contributed by atoms with Gasteiger partial charge in [-0.3, -0.25) is 5.10 Å². The Hall–Kier alpha value is -3.01. The summed E-state index contributed by atoms with van der Waals surface area (Å²) in [5, 5.41) is 7.34. The summed E-state index contributed by atoms with van der Waals surface area (Å²) in [6.07, 6.45) is 7.07. The number of hydrogen-bond acceptors (Lipinski definition) is 3. The van der Waals surface area contributed by atoms with Crippen LogP contribution in [0.1, 0.15) is 22.4 Å². The highest BCUT2D eigenvalue weighted by Gasteiger charge is 2.36. The van der Waals surface area contributed by atoms with Gasteiger partial charge in [-0.15, -0.1) is 0 Å². The van der Waals surface area contributed by atoms with E-state index in [1.807, 2.05) is 30.5 Å². The fourth-order valence-corrected chi connectivity index (χ4v) is 3.54. The van der Waals surface area contributed by atoms with Crippen LogP contribution >= 0.6 is 0 Å². The smallest absolute Gasteiger partial charge is 0.119 e. The quantitative estimate of drug-likeness (QED) is 0.786. The number of aromatic amines is 1. The van der Waals surface area contributed by atoms with E-state index in [9.17, 15) is 0 Å². The molecule has 0 spiro atoms. The zero-order valence-corrected chi connectivity index (χ0v) is 14.3. The van der Waals surface area contributed by atoms with Gasteiger partial charge in [-0.2, -0.15) is 5.10 Å². The van der Waals surface area contributed by atoms with Gasteiger partial charge in [0.25, 0.3) is 0 Å². The highest BCUT2D eigenvalue weighted by atomic mass is 16.5. The molecule has 0 unspecified atom stereocenters. The molecule has 1 N–H and O–H groups in total. The van der Waals surface area contributed by atoms with Crippen molar-refractivity contribution >= 4 is 6.08 Å². The van der Waals surface area contributed by atoms with Crippen LogP contribution in [0.3, 0.4) is 0 Å². The zero-order valence-electron chi connectivity index (χ0n) is 14.3. The first kappa shape index (κ1) is 15.5. The number of hydrogen-bond donors (Lipinski definition) is 1. The first-order valence-electron chi connectivity index (χ1n) is 8.26. The molecule has 0 saturated heterocycles. The predicted octanol–water partition coefficient (Wildman–Crippen LogP) is 3.98. The average molecular weight is 332 g/mol. The second kappa shape index (κ2) is 6.13. The van der Waals surface area contributed by atoms with E-state index in [0.29, 0.717) is 0 Å². The first-order valence-corrected chi connectivity index (χ1v) is 8.26. The highest BCUT2D eigenvalue weighted by Crippen LogP contribution is 2.42. The standard InChI is InChI=1S/C21H20N2O2/c1-24-18-7-3-5-16(11-18)21(17-6-4-8-19(12-17)25-2)10-9-15-14-22-23-20(15)13-21/h3-12,14H,13H2,1-2H3,(H,22,23). The van der Waals surface area contributed by atoms with E-state index in [2.05, 4.69) is 46.6 Å². The van der Waals surface area contributed by atoms with Gasteiger partial charge < -0.3 is 9.47 Å². The van der Waals surface area contributed by atoms with Crippen LogP contribution in [0.4, 0.5) is 0 Å². The van der Waals surface area contributed by atoms with Crippen molar-refractivity contribution in [3.63, 3.8) is 0 Å². The van der Waals surface area contributed by atoms with E-state index in [0.717, 1.165) is 29.2 Å². The third kappa shape index (κ3) is 2.60. The average Bonchev–Trinajstić information content (AvgIpc) is 3.15. The Labute approximate surface area is 147 Å². The molecule has 1 heterocycles. The number of ether oxygens (including phenoxy) is 2. The lowest BCUT2D eigenvalue weighted by Gasteiger charge is -2.34. The van der Waals surface area contributed by atoms with Crippen LogP contribution in [0.2, 0.25) is 0 Å². The van der Waals surface area contributed by atoms with Crippen LogP contribution in [0.15, 0.2) is 60.8 Å². The molecule has 0 amide bonds. The second-order valence-electron chi connectivity index (χ2n) is 6.25. The molecule has 3 aromatic rings. The third-order valence-electron chi connectivity index (χ3n) is 4.92. The van der Waals surface area contributed by atoms with Crippen LogP contribution in [0, 0.1) is 0 Å². The summed E-state index contributed by atoms with van der Waals surface area (Å²) in [5.41, 5.74) is 4.32. The topological polar surface area (TPSA) is 47.1 Å². The summed E-state index contributed by atoms with van der Waals surface area (Å²) in [5.74, 6) is 1.70. The number of nitrogens with one attached hydrogen (secondary N) is 1. The molecule has 0 bridgehead atoms. The monoisotopic (exact) mass is 332 g/mol. The van der Waals surface area contributed by atoms with Gasteiger partial charge in [-0.05, 0) is 35.4 Å². The number of benzene rings is 2. The lowest BCUT2D eigenvalue weighted by Crippen LogP contribution is -2.30. The van der Waals surface area contributed by atoms with Crippen molar-refractivity contribution in [3.05, 3.63) is 83.2 Å². The molecule has 0 fully saturated rings. The summed E-state index contributed by atoms with van der Waals surface area (Å²) < 4.78 is 10.9. The van der Waals surface area contributed by atoms with Crippen molar-refractivity contribution in [2.75, 3.05) is 14.2 Å². The Bertz CT molecular complexity index is 879. The SMILES string of the molecule is COc1cccc(C2(c3cccc(OC)c3)C=Cc3cn[nH]c3C2)c1. The number of nitrogens with zero attached hydrogens (tertiary/aromatic N) is 1. The highest BCUT2D eigenvalue weighted by molar-refractivity contribution is 5.63. The van der Waals surface area contributed by atoms with E-state index in [-0.39, 0.29) is 5.41 Å². The molecule has 1 aromatic heterocycles. The molecule has 0 atom stereocenters.